The van der Waals surface area contributed by atoms with Crippen LogP contribution in [0.4, 0.5) is 0 Å². The standard InChI is InChI=1S/C15H26O2/c1-9-7-10(2)13(11(3)8-9)14-16-12(4)15(5,6)17-14/h7,10-14H,8H2,1-6H3/t10-,11-,12-,13-,14+/m0/s1. The maximum atomic E-state index is 6.13. The van der Waals surface area contributed by atoms with E-state index in [0.717, 1.165) is 0 Å². The van der Waals surface area contributed by atoms with E-state index in [-0.39, 0.29) is 18.0 Å². The van der Waals surface area contributed by atoms with Gasteiger partial charge in [0.2, 0.25) is 0 Å². The molecule has 0 amide bonds. The van der Waals surface area contributed by atoms with E-state index in [4.69, 9.17) is 9.47 Å². The number of allylic oxidation sites excluding steroid dienone is 2. The highest BCUT2D eigenvalue weighted by Gasteiger charge is 2.46. The molecule has 0 spiro atoms. The van der Waals surface area contributed by atoms with Crippen LogP contribution in [-0.2, 0) is 9.47 Å². The van der Waals surface area contributed by atoms with Crippen molar-refractivity contribution in [3.8, 4) is 0 Å². The first-order valence-corrected chi connectivity index (χ1v) is 6.82. The molecule has 1 fully saturated rings. The third-order valence-corrected chi connectivity index (χ3v) is 4.51. The van der Waals surface area contributed by atoms with Crippen molar-refractivity contribution in [2.24, 2.45) is 17.8 Å². The van der Waals surface area contributed by atoms with E-state index < -0.39 is 0 Å². The molecule has 0 radical (unpaired) electrons. The summed E-state index contributed by atoms with van der Waals surface area (Å²) in [5.41, 5.74) is 1.35. The summed E-state index contributed by atoms with van der Waals surface area (Å²) >= 11 is 0. The molecular formula is C15H26O2. The number of hydrogen-bond acceptors (Lipinski definition) is 2. The van der Waals surface area contributed by atoms with Gasteiger partial charge >= 0.3 is 0 Å². The lowest BCUT2D eigenvalue weighted by Gasteiger charge is -2.36. The maximum absolute atomic E-state index is 6.13. The van der Waals surface area contributed by atoms with Crippen LogP contribution in [0.5, 0.6) is 0 Å². The number of hydrogen-bond donors (Lipinski definition) is 0. The minimum Gasteiger partial charge on any atom is -0.346 e. The molecule has 1 aliphatic heterocycles. The quantitative estimate of drug-likeness (QED) is 0.647. The molecule has 17 heavy (non-hydrogen) atoms. The zero-order chi connectivity index (χ0) is 12.8. The summed E-state index contributed by atoms with van der Waals surface area (Å²) in [5.74, 6) is 1.67. The SMILES string of the molecule is CC1=C[C@H](C)[C@H]([C@@H]2O[C@@H](C)C(C)(C)O2)[C@@H](C)C1. The highest BCUT2D eigenvalue weighted by atomic mass is 16.7. The number of ether oxygens (including phenoxy) is 2. The van der Waals surface area contributed by atoms with Gasteiger partial charge in [-0.1, -0.05) is 25.5 Å². The first-order chi connectivity index (χ1) is 7.81. The van der Waals surface area contributed by atoms with Crippen LogP contribution in [0, 0.1) is 17.8 Å². The van der Waals surface area contributed by atoms with E-state index in [1.54, 1.807) is 0 Å². The zero-order valence-electron chi connectivity index (χ0n) is 12.0. The monoisotopic (exact) mass is 238 g/mol. The van der Waals surface area contributed by atoms with Crippen LogP contribution >= 0.6 is 0 Å². The van der Waals surface area contributed by atoms with Crippen molar-refractivity contribution >= 4 is 0 Å². The Morgan fingerprint density at radius 1 is 1.24 bits per heavy atom. The fraction of sp³-hybridized carbons (Fsp3) is 0.867. The number of rotatable bonds is 1. The van der Waals surface area contributed by atoms with E-state index in [2.05, 4.69) is 47.6 Å². The second-order valence-corrected chi connectivity index (χ2v) is 6.50. The Hall–Kier alpha value is -0.340. The molecule has 5 atom stereocenters. The van der Waals surface area contributed by atoms with E-state index in [0.29, 0.717) is 17.8 Å². The molecule has 0 N–H and O–H groups in total. The topological polar surface area (TPSA) is 18.5 Å². The maximum Gasteiger partial charge on any atom is 0.162 e. The second-order valence-electron chi connectivity index (χ2n) is 6.50. The zero-order valence-corrected chi connectivity index (χ0v) is 12.0. The Balaban J connectivity index is 2.14. The van der Waals surface area contributed by atoms with Crippen molar-refractivity contribution in [2.75, 3.05) is 0 Å². The summed E-state index contributed by atoms with van der Waals surface area (Å²) in [6.07, 6.45) is 3.70. The summed E-state index contributed by atoms with van der Waals surface area (Å²) in [4.78, 5) is 0. The molecule has 1 aliphatic carbocycles. The third kappa shape index (κ3) is 2.43. The third-order valence-electron chi connectivity index (χ3n) is 4.51. The van der Waals surface area contributed by atoms with Crippen LogP contribution in [0.3, 0.4) is 0 Å². The van der Waals surface area contributed by atoms with Crippen molar-refractivity contribution in [1.82, 2.24) is 0 Å². The summed E-state index contributed by atoms with van der Waals surface area (Å²) in [5, 5.41) is 0. The van der Waals surface area contributed by atoms with Gasteiger partial charge in [0.05, 0.1) is 11.7 Å². The summed E-state index contributed by atoms with van der Waals surface area (Å²) in [7, 11) is 0. The van der Waals surface area contributed by atoms with E-state index >= 15 is 0 Å². The average Bonchev–Trinajstić information content (AvgIpc) is 2.38. The predicted octanol–water partition coefficient (Wildman–Crippen LogP) is 3.76. The lowest BCUT2D eigenvalue weighted by atomic mass is 9.74. The normalized spacial score (nSPS) is 45.8. The lowest BCUT2D eigenvalue weighted by molar-refractivity contribution is -0.138. The molecule has 2 rings (SSSR count). The van der Waals surface area contributed by atoms with Crippen molar-refractivity contribution in [3.05, 3.63) is 11.6 Å². The van der Waals surface area contributed by atoms with E-state index in [1.165, 1.54) is 12.0 Å². The highest BCUT2D eigenvalue weighted by molar-refractivity contribution is 5.09. The average molecular weight is 238 g/mol. The molecule has 1 saturated heterocycles. The molecule has 0 aromatic heterocycles. The Bertz CT molecular complexity index is 319. The summed E-state index contributed by atoms with van der Waals surface area (Å²) in [6.45, 7) is 13.2. The van der Waals surface area contributed by atoms with Crippen molar-refractivity contribution in [3.63, 3.8) is 0 Å². The van der Waals surface area contributed by atoms with E-state index in [1.807, 2.05) is 0 Å². The Morgan fingerprint density at radius 2 is 1.88 bits per heavy atom. The molecule has 0 unspecified atom stereocenters. The van der Waals surface area contributed by atoms with E-state index in [9.17, 15) is 0 Å². The second kappa shape index (κ2) is 4.40. The van der Waals surface area contributed by atoms with Crippen molar-refractivity contribution < 1.29 is 9.47 Å². The molecule has 0 saturated carbocycles. The molecule has 0 bridgehead atoms. The van der Waals surface area contributed by atoms with Crippen LogP contribution in [0.25, 0.3) is 0 Å². The molecule has 98 valence electrons. The van der Waals surface area contributed by atoms with Gasteiger partial charge in [0, 0.05) is 5.92 Å². The smallest absolute Gasteiger partial charge is 0.162 e. The predicted molar refractivity (Wildman–Crippen MR) is 69.7 cm³/mol. The van der Waals surface area contributed by atoms with Gasteiger partial charge in [-0.15, -0.1) is 0 Å². The highest BCUT2D eigenvalue weighted by Crippen LogP contribution is 2.42. The molecule has 2 nitrogen and oxygen atoms in total. The minimum atomic E-state index is -0.152. The Kier molecular flexibility index (Phi) is 3.39. The van der Waals surface area contributed by atoms with Crippen molar-refractivity contribution in [2.45, 2.75) is 66.0 Å². The lowest BCUT2D eigenvalue weighted by Crippen LogP contribution is -2.36. The fourth-order valence-electron chi connectivity index (χ4n) is 3.26. The minimum absolute atomic E-state index is 0.0330. The van der Waals surface area contributed by atoms with Crippen molar-refractivity contribution in [1.29, 1.82) is 0 Å². The van der Waals surface area contributed by atoms with Gasteiger partial charge in [-0.25, -0.2) is 0 Å². The molecular weight excluding hydrogens is 212 g/mol. The molecule has 2 aliphatic rings. The van der Waals surface area contributed by atoms with Crippen LogP contribution in [0.15, 0.2) is 11.6 Å². The molecule has 0 aromatic rings. The molecule has 2 heteroatoms. The Labute approximate surface area is 105 Å². The van der Waals surface area contributed by atoms with Gasteiger partial charge in [-0.05, 0) is 46.0 Å². The van der Waals surface area contributed by atoms with Crippen LogP contribution in [-0.4, -0.2) is 18.0 Å². The molecule has 1 heterocycles. The van der Waals surface area contributed by atoms with Gasteiger partial charge in [-0.3, -0.25) is 0 Å². The van der Waals surface area contributed by atoms with Gasteiger partial charge in [0.25, 0.3) is 0 Å². The van der Waals surface area contributed by atoms with Crippen LogP contribution < -0.4 is 0 Å². The largest absolute Gasteiger partial charge is 0.346 e. The van der Waals surface area contributed by atoms with Crippen LogP contribution in [0.2, 0.25) is 0 Å². The summed E-state index contributed by atoms with van der Waals surface area (Å²) < 4.78 is 12.2. The molecule has 0 aromatic carbocycles. The first-order valence-electron chi connectivity index (χ1n) is 6.82. The van der Waals surface area contributed by atoms with Gasteiger partial charge in [0.1, 0.15) is 0 Å². The van der Waals surface area contributed by atoms with Gasteiger partial charge in [-0.2, -0.15) is 0 Å². The Morgan fingerprint density at radius 3 is 2.35 bits per heavy atom. The van der Waals surface area contributed by atoms with Gasteiger partial charge < -0.3 is 9.47 Å². The fourth-order valence-corrected chi connectivity index (χ4v) is 3.26. The first kappa shape index (κ1) is 13.1. The summed E-state index contributed by atoms with van der Waals surface area (Å²) in [6, 6.07) is 0. The van der Waals surface area contributed by atoms with Gasteiger partial charge in [0.15, 0.2) is 6.29 Å². The van der Waals surface area contributed by atoms with Crippen LogP contribution in [0.1, 0.15) is 48.0 Å².